The van der Waals surface area contributed by atoms with Crippen LogP contribution in [0.15, 0.2) is 65.6 Å². The van der Waals surface area contributed by atoms with E-state index in [1.807, 2.05) is 4.57 Å². The Morgan fingerprint density at radius 3 is 2.68 bits per heavy atom. The van der Waals surface area contributed by atoms with Crippen LogP contribution in [0.4, 0.5) is 13.2 Å². The van der Waals surface area contributed by atoms with Gasteiger partial charge in [-0.05, 0) is 29.8 Å². The van der Waals surface area contributed by atoms with Crippen molar-refractivity contribution in [2.24, 2.45) is 0 Å². The van der Waals surface area contributed by atoms with Crippen LogP contribution in [-0.4, -0.2) is 37.4 Å². The Hall–Kier alpha value is -3.37. The van der Waals surface area contributed by atoms with Crippen LogP contribution in [0.5, 0.6) is 5.75 Å². The van der Waals surface area contributed by atoms with Gasteiger partial charge >= 0.3 is 6.61 Å². The third kappa shape index (κ3) is 4.03. The fraction of sp³-hybridized carbons (Fsp3) is 0.208. The summed E-state index contributed by atoms with van der Waals surface area (Å²) in [7, 11) is -3.48. The molecule has 0 radical (unpaired) electrons. The van der Waals surface area contributed by atoms with E-state index < -0.39 is 28.3 Å². The molecular formula is C24H20F3N3O3S. The number of hydrogen-bond donors (Lipinski definition) is 1. The molecule has 0 spiro atoms. The molecule has 1 aromatic heterocycles. The molecule has 10 heteroatoms. The summed E-state index contributed by atoms with van der Waals surface area (Å²) < 4.78 is 71.8. The van der Waals surface area contributed by atoms with Crippen LogP contribution < -0.4 is 10.1 Å². The van der Waals surface area contributed by atoms with Gasteiger partial charge in [0.1, 0.15) is 17.4 Å². The summed E-state index contributed by atoms with van der Waals surface area (Å²) in [5.74, 6) is 0.140. The predicted octanol–water partition coefficient (Wildman–Crippen LogP) is 4.54. The molecule has 0 fully saturated rings. The first kappa shape index (κ1) is 22.4. The molecule has 0 saturated heterocycles. The normalized spacial score (nSPS) is 16.1. The highest BCUT2D eigenvalue weighted by atomic mass is 32.2. The van der Waals surface area contributed by atoms with E-state index >= 15 is 4.39 Å². The lowest BCUT2D eigenvalue weighted by Gasteiger charge is -2.28. The molecular weight excluding hydrogens is 467 g/mol. The number of aromatic nitrogens is 2. The van der Waals surface area contributed by atoms with Gasteiger partial charge in [-0.2, -0.15) is 8.78 Å². The monoisotopic (exact) mass is 487 g/mol. The van der Waals surface area contributed by atoms with Gasteiger partial charge in [-0.3, -0.25) is 0 Å². The number of ether oxygens (including phenoxy) is 1. The number of imidazole rings is 1. The Morgan fingerprint density at radius 1 is 1.12 bits per heavy atom. The van der Waals surface area contributed by atoms with E-state index in [9.17, 15) is 17.2 Å². The summed E-state index contributed by atoms with van der Waals surface area (Å²) in [5.41, 5.74) is 2.19. The quantitative estimate of drug-likeness (QED) is 0.448. The van der Waals surface area contributed by atoms with E-state index in [4.69, 9.17) is 4.74 Å². The summed E-state index contributed by atoms with van der Waals surface area (Å²) in [4.78, 5) is 4.63. The number of nitrogens with one attached hydrogen (secondary N) is 1. The molecule has 0 bridgehead atoms. The highest BCUT2D eigenvalue weighted by molar-refractivity contribution is 7.90. The molecule has 0 saturated carbocycles. The molecule has 2 heterocycles. The van der Waals surface area contributed by atoms with Crippen molar-refractivity contribution < 1.29 is 26.3 Å². The molecule has 176 valence electrons. The van der Waals surface area contributed by atoms with Crippen molar-refractivity contribution in [3.63, 3.8) is 0 Å². The number of sulfone groups is 1. The fourth-order valence-corrected chi connectivity index (χ4v) is 5.04. The number of para-hydroxylation sites is 1. The summed E-state index contributed by atoms with van der Waals surface area (Å²) in [5, 5.41) is 3.23. The summed E-state index contributed by atoms with van der Waals surface area (Å²) in [6.07, 6.45) is 1.09. The summed E-state index contributed by atoms with van der Waals surface area (Å²) in [6.45, 7) is -2.12. The van der Waals surface area contributed by atoms with Crippen molar-refractivity contribution in [3.05, 3.63) is 77.9 Å². The van der Waals surface area contributed by atoms with Crippen LogP contribution in [0.25, 0.3) is 22.2 Å². The largest absolute Gasteiger partial charge is 0.434 e. The zero-order chi connectivity index (χ0) is 24.0. The SMILES string of the molecule is CS(=O)(=O)c1cccc(-c2cc3c(cc2F)nc2n3C(c3ccccc3OC(F)F)CNC2)c1. The van der Waals surface area contributed by atoms with Crippen molar-refractivity contribution in [1.29, 1.82) is 0 Å². The molecule has 5 rings (SSSR count). The van der Waals surface area contributed by atoms with Gasteiger partial charge in [0.2, 0.25) is 0 Å². The Kier molecular flexibility index (Phi) is 5.57. The number of hydrogen-bond acceptors (Lipinski definition) is 5. The van der Waals surface area contributed by atoms with Gasteiger partial charge in [0.15, 0.2) is 9.84 Å². The van der Waals surface area contributed by atoms with E-state index in [0.29, 0.717) is 41.1 Å². The Labute approximate surface area is 193 Å². The first-order valence-electron chi connectivity index (χ1n) is 10.5. The van der Waals surface area contributed by atoms with Crippen molar-refractivity contribution in [1.82, 2.24) is 14.9 Å². The highest BCUT2D eigenvalue weighted by Crippen LogP contribution is 2.36. The third-order valence-electron chi connectivity index (χ3n) is 5.85. The Bertz CT molecular complexity index is 1500. The second-order valence-corrected chi connectivity index (χ2v) is 10.1. The number of alkyl halides is 2. The van der Waals surface area contributed by atoms with Gasteiger partial charge < -0.3 is 14.6 Å². The molecule has 34 heavy (non-hydrogen) atoms. The number of benzene rings is 3. The van der Waals surface area contributed by atoms with Gasteiger partial charge in [0.25, 0.3) is 0 Å². The van der Waals surface area contributed by atoms with E-state index in [-0.39, 0.29) is 16.2 Å². The number of halogens is 3. The van der Waals surface area contributed by atoms with Gasteiger partial charge in [-0.25, -0.2) is 17.8 Å². The first-order valence-corrected chi connectivity index (χ1v) is 12.4. The van der Waals surface area contributed by atoms with Crippen molar-refractivity contribution in [3.8, 4) is 16.9 Å². The van der Waals surface area contributed by atoms with Gasteiger partial charge in [-0.15, -0.1) is 0 Å². The van der Waals surface area contributed by atoms with Crippen LogP contribution in [0.1, 0.15) is 17.4 Å². The van der Waals surface area contributed by atoms with E-state index in [2.05, 4.69) is 10.3 Å². The number of nitrogens with zero attached hydrogens (tertiary/aromatic N) is 2. The first-order chi connectivity index (χ1) is 16.2. The second-order valence-electron chi connectivity index (χ2n) is 8.08. The maximum absolute atomic E-state index is 15.1. The maximum atomic E-state index is 15.1. The number of fused-ring (bicyclic) bond motifs is 3. The van der Waals surface area contributed by atoms with E-state index in [0.717, 1.165) is 6.26 Å². The molecule has 1 aliphatic rings. The average molecular weight is 488 g/mol. The highest BCUT2D eigenvalue weighted by Gasteiger charge is 2.28. The van der Waals surface area contributed by atoms with Crippen LogP contribution in [0.2, 0.25) is 0 Å². The zero-order valence-electron chi connectivity index (χ0n) is 18.0. The molecule has 1 unspecified atom stereocenters. The number of rotatable bonds is 5. The molecule has 6 nitrogen and oxygen atoms in total. The van der Waals surface area contributed by atoms with Crippen molar-refractivity contribution in [2.75, 3.05) is 12.8 Å². The van der Waals surface area contributed by atoms with Gasteiger partial charge in [0, 0.05) is 30.0 Å². The van der Waals surface area contributed by atoms with E-state index in [1.165, 1.54) is 24.3 Å². The molecule has 0 aliphatic carbocycles. The zero-order valence-corrected chi connectivity index (χ0v) is 18.8. The minimum atomic E-state index is -3.48. The molecule has 1 N–H and O–H groups in total. The Morgan fingerprint density at radius 2 is 1.91 bits per heavy atom. The summed E-state index contributed by atoms with van der Waals surface area (Å²) >= 11 is 0. The van der Waals surface area contributed by atoms with Gasteiger partial charge in [-0.1, -0.05) is 30.3 Å². The topological polar surface area (TPSA) is 73.2 Å². The molecule has 1 aliphatic heterocycles. The second kappa shape index (κ2) is 8.44. The van der Waals surface area contributed by atoms with Crippen LogP contribution in [0.3, 0.4) is 0 Å². The van der Waals surface area contributed by atoms with Crippen LogP contribution in [-0.2, 0) is 16.4 Å². The van der Waals surface area contributed by atoms with Crippen molar-refractivity contribution in [2.45, 2.75) is 24.1 Å². The standard InChI is InChI=1S/C24H20F3N3O3S/c1-34(31,32)15-6-4-5-14(9-15)17-10-20-19(11-18(17)25)29-23-13-28-12-21(30(20)23)16-7-2-3-8-22(16)33-24(26)27/h2-11,21,24,28H,12-13H2,1H3. The lowest BCUT2D eigenvalue weighted by atomic mass is 10.0. The smallest absolute Gasteiger partial charge is 0.387 e. The molecule has 3 aromatic carbocycles. The van der Waals surface area contributed by atoms with Crippen LogP contribution in [0, 0.1) is 5.82 Å². The molecule has 1 atom stereocenters. The fourth-order valence-electron chi connectivity index (χ4n) is 4.37. The molecule has 0 amide bonds. The van der Waals surface area contributed by atoms with Crippen molar-refractivity contribution >= 4 is 20.9 Å². The minimum absolute atomic E-state index is 0.0576. The van der Waals surface area contributed by atoms with E-state index in [1.54, 1.807) is 36.4 Å². The lowest BCUT2D eigenvalue weighted by Crippen LogP contribution is -2.34. The average Bonchev–Trinajstić information content (AvgIpc) is 3.15. The minimum Gasteiger partial charge on any atom is -0.434 e. The maximum Gasteiger partial charge on any atom is 0.387 e. The third-order valence-corrected chi connectivity index (χ3v) is 6.96. The predicted molar refractivity (Wildman–Crippen MR) is 121 cm³/mol. The Balaban J connectivity index is 1.69. The summed E-state index contributed by atoms with van der Waals surface area (Å²) in [6, 6.07) is 15.1. The van der Waals surface area contributed by atoms with Crippen LogP contribution >= 0.6 is 0 Å². The molecule has 4 aromatic rings. The van der Waals surface area contributed by atoms with Gasteiger partial charge in [0.05, 0.1) is 28.5 Å². The lowest BCUT2D eigenvalue weighted by molar-refractivity contribution is -0.0507.